The quantitative estimate of drug-likeness (QED) is 0.872. The van der Waals surface area contributed by atoms with Crippen molar-refractivity contribution in [3.05, 3.63) is 57.8 Å². The highest BCUT2D eigenvalue weighted by atomic mass is 35.5. The third-order valence-electron chi connectivity index (χ3n) is 2.74. The number of anilines is 1. The van der Waals surface area contributed by atoms with Gasteiger partial charge in [0.25, 0.3) is 5.91 Å². The van der Waals surface area contributed by atoms with Crippen molar-refractivity contribution in [2.75, 3.05) is 19.4 Å². The number of halogens is 2. The van der Waals surface area contributed by atoms with E-state index in [0.29, 0.717) is 11.3 Å². The summed E-state index contributed by atoms with van der Waals surface area (Å²) in [6, 6.07) is 10.6. The van der Waals surface area contributed by atoms with Gasteiger partial charge in [0, 0.05) is 17.8 Å². The lowest BCUT2D eigenvalue weighted by atomic mass is 10.2. The fourth-order valence-corrected chi connectivity index (χ4v) is 2.32. The molecule has 0 aliphatic heterocycles. The molecule has 0 aliphatic rings. The number of benzene rings is 1. The Morgan fingerprint density at radius 3 is 2.24 bits per heavy atom. The molecule has 0 radical (unpaired) electrons. The normalized spacial score (nSPS) is 10.7. The van der Waals surface area contributed by atoms with Crippen molar-refractivity contribution < 1.29 is 4.79 Å². The van der Waals surface area contributed by atoms with Gasteiger partial charge in [-0.25, -0.2) is 4.98 Å². The summed E-state index contributed by atoms with van der Waals surface area (Å²) in [7, 11) is 4.01. The van der Waals surface area contributed by atoms with Gasteiger partial charge in [-0.05, 0) is 43.9 Å². The summed E-state index contributed by atoms with van der Waals surface area (Å²) in [6.07, 6.45) is 0. The Morgan fingerprint density at radius 1 is 1.14 bits per heavy atom. The maximum absolute atomic E-state index is 12.1. The molecule has 0 aliphatic carbocycles. The molecule has 0 bridgehead atoms. The van der Waals surface area contributed by atoms with E-state index >= 15 is 0 Å². The lowest BCUT2D eigenvalue weighted by Gasteiger charge is -2.10. The second-order valence-electron chi connectivity index (χ2n) is 4.89. The third kappa shape index (κ3) is 4.70. The van der Waals surface area contributed by atoms with Crippen LogP contribution in [0.4, 0.5) is 5.69 Å². The first-order valence-electron chi connectivity index (χ1n) is 6.32. The molecule has 0 fully saturated rings. The molecular weight excluding hydrogens is 309 g/mol. The molecule has 6 heteroatoms. The van der Waals surface area contributed by atoms with Crippen molar-refractivity contribution in [2.24, 2.45) is 0 Å². The lowest BCUT2D eigenvalue weighted by Crippen LogP contribution is -2.13. The highest BCUT2D eigenvalue weighted by molar-refractivity contribution is 6.33. The van der Waals surface area contributed by atoms with Crippen LogP contribution in [0.1, 0.15) is 15.9 Å². The number of amides is 1. The van der Waals surface area contributed by atoms with Crippen LogP contribution >= 0.6 is 23.2 Å². The second-order valence-corrected chi connectivity index (χ2v) is 5.66. The largest absolute Gasteiger partial charge is 0.322 e. The van der Waals surface area contributed by atoms with Gasteiger partial charge in [0.1, 0.15) is 10.3 Å². The lowest BCUT2D eigenvalue weighted by molar-refractivity contribution is 0.102. The molecule has 4 nitrogen and oxygen atoms in total. The van der Waals surface area contributed by atoms with E-state index in [-0.39, 0.29) is 16.2 Å². The van der Waals surface area contributed by atoms with Gasteiger partial charge >= 0.3 is 0 Å². The van der Waals surface area contributed by atoms with Crippen LogP contribution in [0.3, 0.4) is 0 Å². The van der Waals surface area contributed by atoms with Gasteiger partial charge in [0.05, 0.1) is 0 Å². The molecule has 2 rings (SSSR count). The van der Waals surface area contributed by atoms with Crippen LogP contribution in [-0.2, 0) is 6.54 Å². The van der Waals surface area contributed by atoms with E-state index in [1.54, 1.807) is 0 Å². The first kappa shape index (κ1) is 15.8. The van der Waals surface area contributed by atoms with E-state index in [0.717, 1.165) is 6.54 Å². The summed E-state index contributed by atoms with van der Waals surface area (Å²) in [5.74, 6) is -0.276. The van der Waals surface area contributed by atoms with E-state index < -0.39 is 0 Å². The molecule has 1 heterocycles. The number of carbonyl (C=O) groups is 1. The zero-order chi connectivity index (χ0) is 15.4. The highest BCUT2D eigenvalue weighted by Gasteiger charge is 2.09. The third-order valence-corrected chi connectivity index (χ3v) is 3.12. The SMILES string of the molecule is CN(C)Cc1ccc(NC(=O)c2cc(Cl)nc(Cl)c2)cc1. The minimum Gasteiger partial charge on any atom is -0.322 e. The fraction of sp³-hybridized carbons (Fsp3) is 0.200. The maximum atomic E-state index is 12.1. The predicted molar refractivity (Wildman–Crippen MR) is 86.0 cm³/mol. The maximum Gasteiger partial charge on any atom is 0.255 e. The number of rotatable bonds is 4. The van der Waals surface area contributed by atoms with Crippen molar-refractivity contribution in [3.8, 4) is 0 Å². The van der Waals surface area contributed by atoms with Crippen LogP contribution < -0.4 is 5.32 Å². The van der Waals surface area contributed by atoms with Crippen LogP contribution in [0.2, 0.25) is 10.3 Å². The van der Waals surface area contributed by atoms with Gasteiger partial charge in [-0.15, -0.1) is 0 Å². The Labute approximate surface area is 133 Å². The van der Waals surface area contributed by atoms with Gasteiger partial charge in [-0.1, -0.05) is 35.3 Å². The van der Waals surface area contributed by atoms with E-state index in [1.165, 1.54) is 17.7 Å². The van der Waals surface area contributed by atoms with E-state index in [9.17, 15) is 4.79 Å². The van der Waals surface area contributed by atoms with Crippen LogP contribution in [0.5, 0.6) is 0 Å². The van der Waals surface area contributed by atoms with Gasteiger partial charge in [0.2, 0.25) is 0 Å². The summed E-state index contributed by atoms with van der Waals surface area (Å²) in [4.78, 5) is 18.0. The van der Waals surface area contributed by atoms with Crippen LogP contribution in [-0.4, -0.2) is 29.9 Å². The van der Waals surface area contributed by atoms with Gasteiger partial charge in [-0.2, -0.15) is 0 Å². The summed E-state index contributed by atoms with van der Waals surface area (Å²) in [5.41, 5.74) is 2.26. The van der Waals surface area contributed by atoms with Crippen molar-refractivity contribution in [2.45, 2.75) is 6.54 Å². The average Bonchev–Trinajstić information content (AvgIpc) is 2.39. The molecule has 2 aromatic rings. The predicted octanol–water partition coefficient (Wildman–Crippen LogP) is 3.70. The van der Waals surface area contributed by atoms with Gasteiger partial charge < -0.3 is 10.2 Å². The summed E-state index contributed by atoms with van der Waals surface area (Å²) < 4.78 is 0. The van der Waals surface area contributed by atoms with Gasteiger partial charge in [0.15, 0.2) is 0 Å². The molecule has 0 saturated carbocycles. The topological polar surface area (TPSA) is 45.2 Å². The number of nitrogens with zero attached hydrogens (tertiary/aromatic N) is 2. The van der Waals surface area contributed by atoms with Crippen molar-refractivity contribution in [3.63, 3.8) is 0 Å². The number of hydrogen-bond donors (Lipinski definition) is 1. The smallest absolute Gasteiger partial charge is 0.255 e. The zero-order valence-corrected chi connectivity index (χ0v) is 13.2. The number of aromatic nitrogens is 1. The van der Waals surface area contributed by atoms with E-state index in [4.69, 9.17) is 23.2 Å². The molecule has 1 aromatic heterocycles. The fourth-order valence-electron chi connectivity index (χ4n) is 1.86. The van der Waals surface area contributed by atoms with Crippen LogP contribution in [0.25, 0.3) is 0 Å². The summed E-state index contributed by atoms with van der Waals surface area (Å²) in [6.45, 7) is 0.851. The second kappa shape index (κ2) is 6.89. The van der Waals surface area contributed by atoms with Gasteiger partial charge in [-0.3, -0.25) is 4.79 Å². The number of carbonyl (C=O) groups excluding carboxylic acids is 1. The first-order valence-corrected chi connectivity index (χ1v) is 7.08. The standard InChI is InChI=1S/C15H15Cl2N3O/c1-20(2)9-10-3-5-12(6-4-10)18-15(21)11-7-13(16)19-14(17)8-11/h3-8H,9H2,1-2H3,(H,18,21). The molecule has 0 unspecified atom stereocenters. The number of pyridine rings is 1. The highest BCUT2D eigenvalue weighted by Crippen LogP contribution is 2.17. The van der Waals surface area contributed by atoms with E-state index in [2.05, 4.69) is 15.2 Å². The Hall–Kier alpha value is -1.62. The Bertz CT molecular complexity index is 622. The number of hydrogen-bond acceptors (Lipinski definition) is 3. The monoisotopic (exact) mass is 323 g/mol. The van der Waals surface area contributed by atoms with Crippen LogP contribution in [0.15, 0.2) is 36.4 Å². The molecule has 0 atom stereocenters. The number of nitrogens with one attached hydrogen (secondary N) is 1. The molecular formula is C15H15Cl2N3O. The summed E-state index contributed by atoms with van der Waals surface area (Å²) >= 11 is 11.6. The first-order chi connectivity index (χ1) is 9.94. The molecule has 0 spiro atoms. The Morgan fingerprint density at radius 2 is 1.71 bits per heavy atom. The van der Waals surface area contributed by atoms with Crippen LogP contribution in [0, 0.1) is 0 Å². The zero-order valence-electron chi connectivity index (χ0n) is 11.7. The average molecular weight is 324 g/mol. The molecule has 21 heavy (non-hydrogen) atoms. The minimum atomic E-state index is -0.276. The molecule has 110 valence electrons. The Kier molecular flexibility index (Phi) is 5.17. The molecule has 1 N–H and O–H groups in total. The summed E-state index contributed by atoms with van der Waals surface area (Å²) in [5, 5.41) is 3.17. The van der Waals surface area contributed by atoms with Crippen molar-refractivity contribution in [1.82, 2.24) is 9.88 Å². The molecule has 1 aromatic carbocycles. The van der Waals surface area contributed by atoms with E-state index in [1.807, 2.05) is 38.4 Å². The Balaban J connectivity index is 2.08. The van der Waals surface area contributed by atoms with Crippen molar-refractivity contribution >= 4 is 34.8 Å². The molecule has 1 amide bonds. The minimum absolute atomic E-state index is 0.189. The van der Waals surface area contributed by atoms with Crippen molar-refractivity contribution in [1.29, 1.82) is 0 Å². The molecule has 0 saturated heterocycles.